The van der Waals surface area contributed by atoms with Gasteiger partial charge in [-0.25, -0.2) is 0 Å². The summed E-state index contributed by atoms with van der Waals surface area (Å²) in [7, 11) is 1.63. The number of amides is 2. The Kier molecular flexibility index (Phi) is 7.70. The Hall–Kier alpha value is -3.23. The molecule has 0 spiro atoms. The summed E-state index contributed by atoms with van der Waals surface area (Å²) < 4.78 is 11.5. The Morgan fingerprint density at radius 1 is 1.15 bits per heavy atom. The standard InChI is InChI=1S/C25H27N3O4S/c1-31-21-8-4-6-19(12-21)18-32-22-15-27(14-20-7-2-3-10-26-20)25(30)17-28(16-22)24(29)13-23-9-5-11-33-23/h2-12,22H,13-18H2,1H3/t22-/m0/s1. The largest absolute Gasteiger partial charge is 0.497 e. The van der Waals surface area contributed by atoms with E-state index in [2.05, 4.69) is 4.98 Å². The number of carbonyl (C=O) groups is 2. The smallest absolute Gasteiger partial charge is 0.242 e. The predicted molar refractivity (Wildman–Crippen MR) is 126 cm³/mol. The second-order valence-electron chi connectivity index (χ2n) is 7.91. The fourth-order valence-corrected chi connectivity index (χ4v) is 4.46. The molecular weight excluding hydrogens is 438 g/mol. The van der Waals surface area contributed by atoms with Gasteiger partial charge in [0.05, 0.1) is 45.0 Å². The van der Waals surface area contributed by atoms with E-state index in [0.717, 1.165) is 21.9 Å². The monoisotopic (exact) mass is 465 g/mol. The number of hydrogen-bond acceptors (Lipinski definition) is 6. The van der Waals surface area contributed by atoms with Crippen LogP contribution in [0.2, 0.25) is 0 Å². The maximum absolute atomic E-state index is 13.1. The van der Waals surface area contributed by atoms with Gasteiger partial charge in [0.25, 0.3) is 0 Å². The summed E-state index contributed by atoms with van der Waals surface area (Å²) in [5, 5.41) is 1.95. The van der Waals surface area contributed by atoms with Gasteiger partial charge in [-0.1, -0.05) is 24.3 Å². The van der Waals surface area contributed by atoms with Crippen LogP contribution < -0.4 is 4.74 Å². The highest BCUT2D eigenvalue weighted by atomic mass is 32.1. The first-order chi connectivity index (χ1) is 16.1. The van der Waals surface area contributed by atoms with E-state index >= 15 is 0 Å². The van der Waals surface area contributed by atoms with Crippen LogP contribution in [0.5, 0.6) is 5.75 Å². The Bertz CT molecular complexity index is 1060. The average Bonchev–Trinajstić information content (AvgIpc) is 3.29. The zero-order chi connectivity index (χ0) is 23.0. The first kappa shape index (κ1) is 22.9. The number of hydrogen-bond donors (Lipinski definition) is 0. The van der Waals surface area contributed by atoms with E-state index in [4.69, 9.17) is 9.47 Å². The highest BCUT2D eigenvalue weighted by Gasteiger charge is 2.31. The number of thiophene rings is 1. The molecule has 1 fully saturated rings. The molecule has 4 rings (SSSR count). The van der Waals surface area contributed by atoms with E-state index in [0.29, 0.717) is 26.2 Å². The first-order valence-corrected chi connectivity index (χ1v) is 11.7. The summed E-state index contributed by atoms with van der Waals surface area (Å²) in [6.45, 7) is 1.53. The van der Waals surface area contributed by atoms with Gasteiger partial charge in [-0.3, -0.25) is 14.6 Å². The molecule has 3 heterocycles. The van der Waals surface area contributed by atoms with Gasteiger partial charge in [0, 0.05) is 24.2 Å². The summed E-state index contributed by atoms with van der Waals surface area (Å²) >= 11 is 1.54. The maximum Gasteiger partial charge on any atom is 0.242 e. The summed E-state index contributed by atoms with van der Waals surface area (Å²) in [4.78, 5) is 34.8. The van der Waals surface area contributed by atoms with Gasteiger partial charge in [0.15, 0.2) is 0 Å². The fraction of sp³-hybridized carbons (Fsp3) is 0.320. The van der Waals surface area contributed by atoms with Crippen LogP contribution in [0.3, 0.4) is 0 Å². The third-order valence-electron chi connectivity index (χ3n) is 5.48. The van der Waals surface area contributed by atoms with Crippen molar-refractivity contribution < 1.29 is 19.1 Å². The highest BCUT2D eigenvalue weighted by molar-refractivity contribution is 7.10. The molecule has 1 saturated heterocycles. The van der Waals surface area contributed by atoms with Crippen molar-refractivity contribution in [1.29, 1.82) is 0 Å². The molecule has 0 saturated carbocycles. The van der Waals surface area contributed by atoms with Gasteiger partial charge < -0.3 is 19.3 Å². The van der Waals surface area contributed by atoms with Gasteiger partial charge in [0.2, 0.25) is 11.8 Å². The quantitative estimate of drug-likeness (QED) is 0.511. The van der Waals surface area contributed by atoms with Crippen LogP contribution in [-0.4, -0.2) is 59.4 Å². The minimum atomic E-state index is -0.321. The van der Waals surface area contributed by atoms with Crippen LogP contribution in [0.25, 0.3) is 0 Å². The second kappa shape index (κ2) is 11.1. The minimum absolute atomic E-state index is 0.0378. The zero-order valence-corrected chi connectivity index (χ0v) is 19.4. The Labute approximate surface area is 197 Å². The number of ether oxygens (including phenoxy) is 2. The second-order valence-corrected chi connectivity index (χ2v) is 8.94. The van der Waals surface area contributed by atoms with Crippen molar-refractivity contribution in [3.8, 4) is 5.75 Å². The van der Waals surface area contributed by atoms with Crippen LogP contribution in [0.15, 0.2) is 66.2 Å². The number of methoxy groups -OCH3 is 1. The molecule has 8 heteroatoms. The lowest BCUT2D eigenvalue weighted by atomic mass is 10.2. The van der Waals surface area contributed by atoms with Gasteiger partial charge in [-0.15, -0.1) is 11.3 Å². The molecular formula is C25H27N3O4S. The van der Waals surface area contributed by atoms with Gasteiger partial charge in [-0.2, -0.15) is 0 Å². The van der Waals surface area contributed by atoms with Crippen LogP contribution in [0.4, 0.5) is 0 Å². The van der Waals surface area contributed by atoms with Crippen LogP contribution in [0, 0.1) is 0 Å². The third-order valence-corrected chi connectivity index (χ3v) is 6.36. The van der Waals surface area contributed by atoms with Crippen molar-refractivity contribution in [2.24, 2.45) is 0 Å². The molecule has 0 radical (unpaired) electrons. The Balaban J connectivity index is 1.49. The molecule has 0 N–H and O–H groups in total. The van der Waals surface area contributed by atoms with Crippen LogP contribution in [0.1, 0.15) is 16.1 Å². The Morgan fingerprint density at radius 2 is 2.06 bits per heavy atom. The van der Waals surface area contributed by atoms with Crippen molar-refractivity contribution in [2.45, 2.75) is 25.7 Å². The zero-order valence-electron chi connectivity index (χ0n) is 18.6. The average molecular weight is 466 g/mol. The van der Waals surface area contributed by atoms with Crippen molar-refractivity contribution in [3.63, 3.8) is 0 Å². The minimum Gasteiger partial charge on any atom is -0.497 e. The molecule has 0 bridgehead atoms. The molecule has 33 heavy (non-hydrogen) atoms. The SMILES string of the molecule is COc1cccc(CO[C@@H]2CN(C(=O)Cc3cccs3)CC(=O)N(Cc3ccccn3)C2)c1. The summed E-state index contributed by atoms with van der Waals surface area (Å²) in [5.41, 5.74) is 1.77. The topological polar surface area (TPSA) is 72.0 Å². The molecule has 1 aliphatic heterocycles. The molecule has 7 nitrogen and oxygen atoms in total. The molecule has 172 valence electrons. The summed E-state index contributed by atoms with van der Waals surface area (Å²) in [5.74, 6) is 0.588. The highest BCUT2D eigenvalue weighted by Crippen LogP contribution is 2.18. The number of nitrogens with zero attached hydrogens (tertiary/aromatic N) is 3. The molecule has 1 atom stereocenters. The van der Waals surface area contributed by atoms with E-state index < -0.39 is 0 Å². The molecule has 1 aromatic carbocycles. The van der Waals surface area contributed by atoms with Crippen molar-refractivity contribution >= 4 is 23.2 Å². The molecule has 0 aliphatic carbocycles. The number of carbonyl (C=O) groups excluding carboxylic acids is 2. The fourth-order valence-electron chi connectivity index (χ4n) is 3.76. The Morgan fingerprint density at radius 3 is 2.82 bits per heavy atom. The summed E-state index contributed by atoms with van der Waals surface area (Å²) in [6.07, 6.45) is 1.68. The van der Waals surface area contributed by atoms with Crippen LogP contribution in [-0.2, 0) is 33.9 Å². The lowest BCUT2D eigenvalue weighted by Crippen LogP contribution is -2.40. The van der Waals surface area contributed by atoms with Gasteiger partial charge in [0.1, 0.15) is 5.75 Å². The summed E-state index contributed by atoms with van der Waals surface area (Å²) in [6, 6.07) is 17.2. The lowest BCUT2D eigenvalue weighted by molar-refractivity contribution is -0.138. The van der Waals surface area contributed by atoms with Gasteiger partial charge in [-0.05, 0) is 41.3 Å². The maximum atomic E-state index is 13.1. The van der Waals surface area contributed by atoms with E-state index in [1.54, 1.807) is 34.4 Å². The lowest BCUT2D eigenvalue weighted by Gasteiger charge is -2.25. The van der Waals surface area contributed by atoms with Gasteiger partial charge >= 0.3 is 0 Å². The van der Waals surface area contributed by atoms with E-state index in [1.807, 2.05) is 60.0 Å². The van der Waals surface area contributed by atoms with Crippen molar-refractivity contribution in [2.75, 3.05) is 26.7 Å². The van der Waals surface area contributed by atoms with Crippen molar-refractivity contribution in [3.05, 3.63) is 82.3 Å². The molecule has 3 aromatic rings. The number of pyridine rings is 1. The van der Waals surface area contributed by atoms with Crippen molar-refractivity contribution in [1.82, 2.24) is 14.8 Å². The molecule has 2 aromatic heterocycles. The predicted octanol–water partition coefficient (Wildman–Crippen LogP) is 3.15. The molecule has 1 aliphatic rings. The van der Waals surface area contributed by atoms with Crippen LogP contribution >= 0.6 is 11.3 Å². The normalized spacial score (nSPS) is 16.5. The number of benzene rings is 1. The molecule has 2 amide bonds. The van der Waals surface area contributed by atoms with E-state index in [9.17, 15) is 9.59 Å². The van der Waals surface area contributed by atoms with E-state index in [-0.39, 0.29) is 30.9 Å². The van der Waals surface area contributed by atoms with E-state index in [1.165, 1.54) is 0 Å². The molecule has 0 unspecified atom stereocenters. The first-order valence-electron chi connectivity index (χ1n) is 10.8. The number of aromatic nitrogens is 1. The third kappa shape index (κ3) is 6.40. The number of rotatable bonds is 8.